The van der Waals surface area contributed by atoms with Crippen LogP contribution in [0.25, 0.3) is 0 Å². The van der Waals surface area contributed by atoms with Crippen LogP contribution in [0.2, 0.25) is 0 Å². The number of ether oxygens (including phenoxy) is 1. The van der Waals surface area contributed by atoms with E-state index in [2.05, 4.69) is 10.3 Å². The van der Waals surface area contributed by atoms with Crippen molar-refractivity contribution < 1.29 is 13.9 Å². The highest BCUT2D eigenvalue weighted by Crippen LogP contribution is 2.31. The van der Waals surface area contributed by atoms with Gasteiger partial charge in [-0.15, -0.1) is 0 Å². The van der Waals surface area contributed by atoms with Crippen LogP contribution in [0.1, 0.15) is 56.9 Å². The zero-order valence-corrected chi connectivity index (χ0v) is 12.9. The van der Waals surface area contributed by atoms with Crippen molar-refractivity contribution in [3.8, 4) is 0 Å². The average Bonchev–Trinajstić information content (AvgIpc) is 2.95. The number of fused-ring (bicyclic) bond motifs is 1. The lowest BCUT2D eigenvalue weighted by atomic mass is 9.98. The maximum Gasteiger partial charge on any atom is 0.411 e. The summed E-state index contributed by atoms with van der Waals surface area (Å²) in [4.78, 5) is 18.3. The summed E-state index contributed by atoms with van der Waals surface area (Å²) in [5, 5.41) is 3.34. The number of hydrogen-bond donors (Lipinski definition) is 1. The van der Waals surface area contributed by atoms with E-state index in [9.17, 15) is 4.79 Å². The predicted octanol–water partition coefficient (Wildman–Crippen LogP) is 2.39. The molecule has 3 rings (SSSR count). The summed E-state index contributed by atoms with van der Waals surface area (Å²) in [6.45, 7) is 8.58. The highest BCUT2D eigenvalue weighted by atomic mass is 16.6. The molecule has 3 heterocycles. The number of amides is 1. The number of aromatic nitrogens is 1. The van der Waals surface area contributed by atoms with Crippen molar-refractivity contribution >= 4 is 6.09 Å². The summed E-state index contributed by atoms with van der Waals surface area (Å²) in [5.41, 5.74) is 0.406. The fourth-order valence-electron chi connectivity index (χ4n) is 2.76. The number of nitrogens with zero attached hydrogens (tertiary/aromatic N) is 2. The SMILES string of the molecule is CC(C)(C)OC(=O)N1Cc2nc(C3CCNCC3)oc2C1. The lowest BCUT2D eigenvalue weighted by Crippen LogP contribution is -2.33. The van der Waals surface area contributed by atoms with Crippen LogP contribution < -0.4 is 5.32 Å². The fourth-order valence-corrected chi connectivity index (χ4v) is 2.76. The van der Waals surface area contributed by atoms with Crippen molar-refractivity contribution in [3.05, 3.63) is 17.3 Å². The van der Waals surface area contributed by atoms with E-state index >= 15 is 0 Å². The summed E-state index contributed by atoms with van der Waals surface area (Å²) in [7, 11) is 0. The van der Waals surface area contributed by atoms with Crippen molar-refractivity contribution in [2.75, 3.05) is 13.1 Å². The fraction of sp³-hybridized carbons (Fsp3) is 0.733. The van der Waals surface area contributed by atoms with Crippen LogP contribution in [0.4, 0.5) is 4.79 Å². The van der Waals surface area contributed by atoms with Crippen molar-refractivity contribution in [1.82, 2.24) is 15.2 Å². The van der Waals surface area contributed by atoms with E-state index in [-0.39, 0.29) is 6.09 Å². The van der Waals surface area contributed by atoms with Gasteiger partial charge in [0.2, 0.25) is 0 Å². The molecule has 0 unspecified atom stereocenters. The first-order valence-electron chi connectivity index (χ1n) is 7.59. The van der Waals surface area contributed by atoms with Crippen LogP contribution in [0, 0.1) is 0 Å². The third kappa shape index (κ3) is 3.20. The molecule has 0 bridgehead atoms. The van der Waals surface area contributed by atoms with E-state index in [1.807, 2.05) is 20.8 Å². The van der Waals surface area contributed by atoms with E-state index in [1.54, 1.807) is 4.90 Å². The van der Waals surface area contributed by atoms with Gasteiger partial charge in [-0.25, -0.2) is 9.78 Å². The van der Waals surface area contributed by atoms with Gasteiger partial charge < -0.3 is 14.5 Å². The number of carbonyl (C=O) groups is 1. The lowest BCUT2D eigenvalue weighted by molar-refractivity contribution is 0.0231. The molecule has 1 aromatic heterocycles. The minimum absolute atomic E-state index is 0.306. The van der Waals surface area contributed by atoms with E-state index in [0.717, 1.165) is 43.3 Å². The number of nitrogens with one attached hydrogen (secondary N) is 1. The summed E-state index contributed by atoms with van der Waals surface area (Å²) in [5.74, 6) is 2.06. The van der Waals surface area contributed by atoms with Crippen LogP contribution in [-0.2, 0) is 17.8 Å². The zero-order chi connectivity index (χ0) is 15.0. The van der Waals surface area contributed by atoms with Gasteiger partial charge in [-0.05, 0) is 46.7 Å². The van der Waals surface area contributed by atoms with Gasteiger partial charge in [0.1, 0.15) is 17.1 Å². The third-order valence-corrected chi connectivity index (χ3v) is 3.81. The Bertz CT molecular complexity index is 503. The van der Waals surface area contributed by atoms with E-state index < -0.39 is 5.60 Å². The monoisotopic (exact) mass is 293 g/mol. The zero-order valence-electron chi connectivity index (χ0n) is 12.9. The molecule has 0 spiro atoms. The molecule has 0 saturated carbocycles. The second-order valence-electron chi connectivity index (χ2n) is 6.78. The van der Waals surface area contributed by atoms with Crippen LogP contribution in [0.3, 0.4) is 0 Å². The molecular formula is C15H23N3O3. The van der Waals surface area contributed by atoms with Gasteiger partial charge in [-0.3, -0.25) is 4.90 Å². The molecule has 1 fully saturated rings. The molecule has 1 N–H and O–H groups in total. The van der Waals surface area contributed by atoms with Crippen LogP contribution in [0.5, 0.6) is 0 Å². The van der Waals surface area contributed by atoms with Crippen LogP contribution >= 0.6 is 0 Å². The number of rotatable bonds is 1. The molecule has 6 nitrogen and oxygen atoms in total. The Balaban J connectivity index is 1.63. The molecule has 1 saturated heterocycles. The number of carbonyl (C=O) groups excluding carboxylic acids is 1. The van der Waals surface area contributed by atoms with E-state index in [4.69, 9.17) is 9.15 Å². The Labute approximate surface area is 124 Å². The standard InChI is InChI=1S/C15H23N3O3/c1-15(2,3)21-14(19)18-8-11-12(9-18)20-13(17-11)10-4-6-16-7-5-10/h10,16H,4-9H2,1-3H3. The largest absolute Gasteiger partial charge is 0.444 e. The topological polar surface area (TPSA) is 67.6 Å². The molecule has 1 amide bonds. The highest BCUT2D eigenvalue weighted by Gasteiger charge is 2.33. The Morgan fingerprint density at radius 1 is 1.33 bits per heavy atom. The first-order valence-corrected chi connectivity index (χ1v) is 7.59. The minimum Gasteiger partial charge on any atom is -0.444 e. The minimum atomic E-state index is -0.478. The Morgan fingerprint density at radius 2 is 2.05 bits per heavy atom. The van der Waals surface area contributed by atoms with Crippen molar-refractivity contribution in [3.63, 3.8) is 0 Å². The highest BCUT2D eigenvalue weighted by molar-refractivity contribution is 5.68. The van der Waals surface area contributed by atoms with Gasteiger partial charge in [0.25, 0.3) is 0 Å². The van der Waals surface area contributed by atoms with Gasteiger partial charge in [0.05, 0.1) is 13.1 Å². The quantitative estimate of drug-likeness (QED) is 0.861. The molecule has 2 aliphatic heterocycles. The van der Waals surface area contributed by atoms with Crippen molar-refractivity contribution in [2.45, 2.75) is 58.2 Å². The average molecular weight is 293 g/mol. The molecule has 2 aliphatic rings. The van der Waals surface area contributed by atoms with Crippen molar-refractivity contribution in [1.29, 1.82) is 0 Å². The maximum absolute atomic E-state index is 12.0. The molecule has 0 aliphatic carbocycles. The predicted molar refractivity (Wildman–Crippen MR) is 76.8 cm³/mol. The molecule has 6 heteroatoms. The second-order valence-corrected chi connectivity index (χ2v) is 6.78. The Morgan fingerprint density at radius 3 is 2.67 bits per heavy atom. The molecule has 21 heavy (non-hydrogen) atoms. The Hall–Kier alpha value is -1.56. The Kier molecular flexibility index (Phi) is 3.65. The normalized spacial score (nSPS) is 19.7. The van der Waals surface area contributed by atoms with E-state index in [1.165, 1.54) is 0 Å². The van der Waals surface area contributed by atoms with Gasteiger partial charge in [0.15, 0.2) is 5.89 Å². The van der Waals surface area contributed by atoms with E-state index in [0.29, 0.717) is 19.0 Å². The number of oxazole rings is 1. The molecule has 0 radical (unpaired) electrons. The van der Waals surface area contributed by atoms with Crippen LogP contribution in [-0.4, -0.2) is 34.7 Å². The first-order chi connectivity index (χ1) is 9.92. The van der Waals surface area contributed by atoms with Crippen molar-refractivity contribution in [2.24, 2.45) is 0 Å². The lowest BCUT2D eigenvalue weighted by Gasteiger charge is -2.24. The summed E-state index contributed by atoms with van der Waals surface area (Å²) < 4.78 is 11.3. The van der Waals surface area contributed by atoms with Crippen LogP contribution in [0.15, 0.2) is 4.42 Å². The molecule has 0 aromatic carbocycles. The molecule has 0 atom stereocenters. The summed E-state index contributed by atoms with van der Waals surface area (Å²) in [6, 6.07) is 0. The number of hydrogen-bond acceptors (Lipinski definition) is 5. The summed E-state index contributed by atoms with van der Waals surface area (Å²) in [6.07, 6.45) is 1.82. The number of piperidine rings is 1. The maximum atomic E-state index is 12.0. The van der Waals surface area contributed by atoms with Gasteiger partial charge in [-0.1, -0.05) is 0 Å². The van der Waals surface area contributed by atoms with Gasteiger partial charge in [0, 0.05) is 5.92 Å². The van der Waals surface area contributed by atoms with Gasteiger partial charge >= 0.3 is 6.09 Å². The molecule has 116 valence electrons. The second kappa shape index (κ2) is 5.33. The molecule has 1 aromatic rings. The summed E-state index contributed by atoms with van der Waals surface area (Å²) >= 11 is 0. The smallest absolute Gasteiger partial charge is 0.411 e. The molecular weight excluding hydrogens is 270 g/mol. The van der Waals surface area contributed by atoms with Gasteiger partial charge in [-0.2, -0.15) is 0 Å². The third-order valence-electron chi connectivity index (χ3n) is 3.81. The first kappa shape index (κ1) is 14.4.